The first-order valence-electron chi connectivity index (χ1n) is 3.42. The molecule has 0 aromatic carbocycles. The van der Waals surface area contributed by atoms with Crippen molar-refractivity contribution in [3.8, 4) is 0 Å². The summed E-state index contributed by atoms with van der Waals surface area (Å²) in [4.78, 5) is 4.03. The number of rotatable bonds is 3. The Bertz CT molecular complexity index is 263. The van der Waals surface area contributed by atoms with Crippen molar-refractivity contribution < 1.29 is 4.74 Å². The highest BCUT2D eigenvalue weighted by atomic mass is 79.9. The minimum Gasteiger partial charge on any atom is -0.380 e. The predicted molar refractivity (Wildman–Crippen MR) is 51.9 cm³/mol. The van der Waals surface area contributed by atoms with Crippen LogP contribution >= 0.6 is 31.9 Å². The summed E-state index contributed by atoms with van der Waals surface area (Å²) in [6.07, 6.45) is 0.134. The fraction of sp³-hybridized carbons (Fsp3) is 0.667. The van der Waals surface area contributed by atoms with Gasteiger partial charge in [0.1, 0.15) is 0 Å². The molecular weight excluding hydrogens is 290 g/mol. The van der Waals surface area contributed by atoms with Crippen LogP contribution in [0.25, 0.3) is 0 Å². The summed E-state index contributed by atoms with van der Waals surface area (Å²) in [6.45, 7) is 2.66. The van der Waals surface area contributed by atoms with Crippen LogP contribution < -0.4 is 0 Å². The van der Waals surface area contributed by atoms with Crippen molar-refractivity contribution >= 4 is 31.9 Å². The lowest BCUT2D eigenvalue weighted by molar-refractivity contribution is 0.0990. The van der Waals surface area contributed by atoms with Crippen molar-refractivity contribution in [1.29, 1.82) is 0 Å². The maximum atomic E-state index is 5.09. The van der Waals surface area contributed by atoms with Crippen LogP contribution in [-0.4, -0.2) is 28.0 Å². The Kier molecular flexibility index (Phi) is 3.67. The average molecular weight is 299 g/mol. The summed E-state index contributed by atoms with van der Waals surface area (Å²) in [5.74, 6) is 0. The Balaban J connectivity index is 2.68. The molecule has 0 aliphatic heterocycles. The molecule has 0 fully saturated rings. The largest absolute Gasteiger partial charge is 0.380 e. The van der Waals surface area contributed by atoms with E-state index in [1.54, 1.807) is 11.8 Å². The molecule has 0 saturated carbocycles. The molecule has 12 heavy (non-hydrogen) atoms. The molecular formula is C6H9Br2N3O. The summed E-state index contributed by atoms with van der Waals surface area (Å²) in [5, 5.41) is 4.09. The van der Waals surface area contributed by atoms with E-state index in [0.29, 0.717) is 16.0 Å². The minimum absolute atomic E-state index is 0.134. The quantitative estimate of drug-likeness (QED) is 0.855. The van der Waals surface area contributed by atoms with E-state index in [0.717, 1.165) is 0 Å². The summed E-state index contributed by atoms with van der Waals surface area (Å²) in [6, 6.07) is 0. The van der Waals surface area contributed by atoms with E-state index < -0.39 is 0 Å². The molecule has 0 N–H and O–H groups in total. The average Bonchev–Trinajstić information content (AvgIpc) is 2.30. The molecule has 0 aliphatic carbocycles. The van der Waals surface area contributed by atoms with Crippen molar-refractivity contribution in [3.63, 3.8) is 0 Å². The Hall–Kier alpha value is 0.0600. The molecule has 0 aliphatic rings. The van der Waals surface area contributed by atoms with Gasteiger partial charge in [0.15, 0.2) is 4.73 Å². The van der Waals surface area contributed by atoms with Crippen LogP contribution in [0.15, 0.2) is 9.47 Å². The SMILES string of the molecule is COC(C)Cn1nc(Br)nc1Br. The number of hydrogen-bond donors (Lipinski definition) is 0. The Labute approximate surface area is 87.6 Å². The first-order valence-corrected chi connectivity index (χ1v) is 5.00. The molecule has 68 valence electrons. The molecule has 0 bridgehead atoms. The fourth-order valence-corrected chi connectivity index (χ4v) is 1.72. The van der Waals surface area contributed by atoms with Crippen LogP contribution in [0.4, 0.5) is 0 Å². The topological polar surface area (TPSA) is 39.9 Å². The van der Waals surface area contributed by atoms with Gasteiger partial charge in [-0.3, -0.25) is 0 Å². The molecule has 0 radical (unpaired) electrons. The Morgan fingerprint density at radius 1 is 1.58 bits per heavy atom. The van der Waals surface area contributed by atoms with E-state index in [1.807, 2.05) is 6.92 Å². The maximum absolute atomic E-state index is 5.09. The van der Waals surface area contributed by atoms with Gasteiger partial charge in [-0.25, -0.2) is 4.68 Å². The molecule has 0 saturated heterocycles. The van der Waals surface area contributed by atoms with Crippen molar-refractivity contribution in [1.82, 2.24) is 14.8 Å². The van der Waals surface area contributed by atoms with Gasteiger partial charge < -0.3 is 4.74 Å². The Morgan fingerprint density at radius 2 is 2.25 bits per heavy atom. The van der Waals surface area contributed by atoms with E-state index in [4.69, 9.17) is 4.74 Å². The van der Waals surface area contributed by atoms with Gasteiger partial charge in [0, 0.05) is 7.11 Å². The number of nitrogens with zero attached hydrogens (tertiary/aromatic N) is 3. The Morgan fingerprint density at radius 3 is 2.67 bits per heavy atom. The standard InChI is InChI=1S/C6H9Br2N3O/c1-4(12-2)3-11-6(8)9-5(7)10-11/h4H,3H2,1-2H3. The zero-order valence-electron chi connectivity index (χ0n) is 6.79. The molecule has 4 nitrogen and oxygen atoms in total. The number of aromatic nitrogens is 3. The zero-order chi connectivity index (χ0) is 9.14. The van der Waals surface area contributed by atoms with Crippen LogP contribution in [0, 0.1) is 0 Å². The third kappa shape index (κ3) is 2.53. The molecule has 1 aromatic heterocycles. The van der Waals surface area contributed by atoms with Crippen molar-refractivity contribution in [3.05, 3.63) is 9.47 Å². The summed E-state index contributed by atoms with van der Waals surface area (Å²) in [5.41, 5.74) is 0. The van der Waals surface area contributed by atoms with Crippen LogP contribution in [0.2, 0.25) is 0 Å². The normalized spacial score (nSPS) is 13.3. The van der Waals surface area contributed by atoms with Gasteiger partial charge in [0.25, 0.3) is 0 Å². The summed E-state index contributed by atoms with van der Waals surface area (Å²) >= 11 is 6.46. The lowest BCUT2D eigenvalue weighted by Gasteiger charge is -2.08. The number of methoxy groups -OCH3 is 1. The summed E-state index contributed by atoms with van der Waals surface area (Å²) < 4.78 is 8.12. The van der Waals surface area contributed by atoms with Crippen molar-refractivity contribution in [2.24, 2.45) is 0 Å². The molecule has 1 unspecified atom stereocenters. The first kappa shape index (κ1) is 10.1. The molecule has 0 spiro atoms. The number of ether oxygens (including phenoxy) is 1. The minimum atomic E-state index is 0.134. The van der Waals surface area contributed by atoms with E-state index in [1.165, 1.54) is 0 Å². The first-order chi connectivity index (χ1) is 5.63. The molecule has 6 heteroatoms. The third-order valence-corrected chi connectivity index (χ3v) is 2.36. The second-order valence-electron chi connectivity index (χ2n) is 2.38. The van der Waals surface area contributed by atoms with Gasteiger partial charge in [-0.2, -0.15) is 4.98 Å². The second-order valence-corrected chi connectivity index (χ2v) is 3.80. The van der Waals surface area contributed by atoms with E-state index in [9.17, 15) is 0 Å². The van der Waals surface area contributed by atoms with Gasteiger partial charge >= 0.3 is 0 Å². The van der Waals surface area contributed by atoms with Crippen LogP contribution in [0.1, 0.15) is 6.92 Å². The van der Waals surface area contributed by atoms with Crippen LogP contribution in [0.5, 0.6) is 0 Å². The summed E-state index contributed by atoms with van der Waals surface area (Å²) in [7, 11) is 1.67. The zero-order valence-corrected chi connectivity index (χ0v) is 9.96. The van der Waals surface area contributed by atoms with Crippen molar-refractivity contribution in [2.75, 3.05) is 7.11 Å². The van der Waals surface area contributed by atoms with Crippen LogP contribution in [-0.2, 0) is 11.3 Å². The monoisotopic (exact) mass is 297 g/mol. The fourth-order valence-electron chi connectivity index (χ4n) is 0.731. The van der Waals surface area contributed by atoms with Gasteiger partial charge in [0.05, 0.1) is 12.6 Å². The van der Waals surface area contributed by atoms with E-state index in [2.05, 4.69) is 41.9 Å². The molecule has 0 amide bonds. The van der Waals surface area contributed by atoms with E-state index >= 15 is 0 Å². The van der Waals surface area contributed by atoms with Gasteiger partial charge in [-0.15, -0.1) is 5.10 Å². The lowest BCUT2D eigenvalue weighted by atomic mass is 10.4. The smallest absolute Gasteiger partial charge is 0.218 e. The van der Waals surface area contributed by atoms with E-state index in [-0.39, 0.29) is 6.10 Å². The third-order valence-electron chi connectivity index (χ3n) is 1.43. The number of halogens is 2. The highest BCUT2D eigenvalue weighted by Gasteiger charge is 2.07. The van der Waals surface area contributed by atoms with Crippen LogP contribution in [0.3, 0.4) is 0 Å². The molecule has 1 heterocycles. The predicted octanol–water partition coefficient (Wildman–Crippen LogP) is 1.84. The van der Waals surface area contributed by atoms with Gasteiger partial charge in [0.2, 0.25) is 4.73 Å². The number of hydrogen-bond acceptors (Lipinski definition) is 3. The molecule has 1 atom stereocenters. The second kappa shape index (κ2) is 4.34. The van der Waals surface area contributed by atoms with Crippen molar-refractivity contribution in [2.45, 2.75) is 19.6 Å². The molecule has 1 rings (SSSR count). The highest BCUT2D eigenvalue weighted by Crippen LogP contribution is 2.11. The molecule has 1 aromatic rings. The van der Waals surface area contributed by atoms with Gasteiger partial charge in [-0.05, 0) is 38.8 Å². The maximum Gasteiger partial charge on any atom is 0.218 e. The lowest BCUT2D eigenvalue weighted by Crippen LogP contribution is -2.15. The highest BCUT2D eigenvalue weighted by molar-refractivity contribution is 9.11. The van der Waals surface area contributed by atoms with Gasteiger partial charge in [-0.1, -0.05) is 0 Å².